The van der Waals surface area contributed by atoms with Gasteiger partial charge in [0.15, 0.2) is 17.6 Å². The minimum atomic E-state index is -1.03. The van der Waals surface area contributed by atoms with Crippen LogP contribution in [0.4, 0.5) is 5.69 Å². The molecule has 0 bridgehead atoms. The number of carbonyl (C=O) groups excluding carboxylic acids is 2. The number of esters is 1. The molecule has 2 rings (SSSR count). The number of nitrogens with one attached hydrogen (secondary N) is 1. The molecule has 26 heavy (non-hydrogen) atoms. The van der Waals surface area contributed by atoms with Crippen LogP contribution >= 0.6 is 0 Å². The van der Waals surface area contributed by atoms with Crippen LogP contribution in [0.15, 0.2) is 47.4 Å². The molecule has 0 spiro atoms. The molecule has 1 N–H and O–H groups in total. The maximum absolute atomic E-state index is 12.2. The lowest BCUT2D eigenvalue weighted by atomic mass is 10.2. The monoisotopic (exact) mass is 360 g/mol. The van der Waals surface area contributed by atoms with Gasteiger partial charge in [-0.05, 0) is 25.1 Å². The highest BCUT2D eigenvalue weighted by molar-refractivity contribution is 5.95. The van der Waals surface area contributed by atoms with Crippen LogP contribution in [0.5, 0.6) is 11.5 Å². The minimum absolute atomic E-state index is 0.270. The quantitative estimate of drug-likeness (QED) is 0.751. The van der Waals surface area contributed by atoms with Gasteiger partial charge in [-0.25, -0.2) is 0 Å². The van der Waals surface area contributed by atoms with Crippen molar-refractivity contribution in [1.29, 1.82) is 0 Å². The number of amides is 1. The highest BCUT2D eigenvalue weighted by atomic mass is 16.5. The van der Waals surface area contributed by atoms with Gasteiger partial charge in [-0.15, -0.1) is 0 Å². The van der Waals surface area contributed by atoms with Gasteiger partial charge in [0, 0.05) is 24.0 Å². The van der Waals surface area contributed by atoms with E-state index in [0.717, 1.165) is 0 Å². The van der Waals surface area contributed by atoms with Crippen molar-refractivity contribution in [2.45, 2.75) is 19.6 Å². The highest BCUT2D eigenvalue weighted by Gasteiger charge is 2.19. The molecule has 0 saturated carbocycles. The van der Waals surface area contributed by atoms with Gasteiger partial charge in [0.05, 0.1) is 14.2 Å². The molecule has 1 amide bonds. The molecule has 1 aromatic heterocycles. The smallest absolute Gasteiger partial charge is 0.326 e. The fourth-order valence-electron chi connectivity index (χ4n) is 2.18. The fourth-order valence-corrected chi connectivity index (χ4v) is 2.18. The zero-order valence-electron chi connectivity index (χ0n) is 14.7. The maximum Gasteiger partial charge on any atom is 0.326 e. The highest BCUT2D eigenvalue weighted by Crippen LogP contribution is 2.29. The molecule has 138 valence electrons. The van der Waals surface area contributed by atoms with E-state index in [1.54, 1.807) is 30.3 Å². The Hall–Kier alpha value is -3.29. The number of nitrogens with zero attached hydrogens (tertiary/aromatic N) is 1. The van der Waals surface area contributed by atoms with Gasteiger partial charge in [0.2, 0.25) is 0 Å². The summed E-state index contributed by atoms with van der Waals surface area (Å²) in [6.07, 6.45) is 0.438. The van der Waals surface area contributed by atoms with E-state index in [2.05, 4.69) is 5.32 Å². The molecule has 0 aliphatic carbocycles. The van der Waals surface area contributed by atoms with E-state index in [0.29, 0.717) is 17.2 Å². The molecule has 1 atom stereocenters. The van der Waals surface area contributed by atoms with Crippen molar-refractivity contribution in [2.75, 3.05) is 19.5 Å². The lowest BCUT2D eigenvalue weighted by molar-refractivity contribution is -0.153. The lowest BCUT2D eigenvalue weighted by Gasteiger charge is -2.15. The molecule has 8 nitrogen and oxygen atoms in total. The lowest BCUT2D eigenvalue weighted by Crippen LogP contribution is -2.32. The van der Waals surface area contributed by atoms with E-state index in [4.69, 9.17) is 14.2 Å². The molecule has 8 heteroatoms. The molecule has 0 radical (unpaired) electrons. The largest absolute Gasteiger partial charge is 0.493 e. The summed E-state index contributed by atoms with van der Waals surface area (Å²) in [5.74, 6) is -0.212. The predicted octanol–water partition coefficient (Wildman–Crippen LogP) is 1.44. The van der Waals surface area contributed by atoms with Crippen LogP contribution in [0.1, 0.15) is 6.92 Å². The normalized spacial score (nSPS) is 11.3. The van der Waals surface area contributed by atoms with Gasteiger partial charge in [-0.2, -0.15) is 0 Å². The third-order valence-corrected chi connectivity index (χ3v) is 3.53. The van der Waals surface area contributed by atoms with E-state index in [-0.39, 0.29) is 12.1 Å². The van der Waals surface area contributed by atoms with E-state index >= 15 is 0 Å². The van der Waals surface area contributed by atoms with E-state index in [1.807, 2.05) is 0 Å². The number of pyridine rings is 1. The summed E-state index contributed by atoms with van der Waals surface area (Å²) < 4.78 is 16.6. The third-order valence-electron chi connectivity index (χ3n) is 3.53. The first-order valence-corrected chi connectivity index (χ1v) is 7.82. The molecule has 1 heterocycles. The van der Waals surface area contributed by atoms with E-state index in [1.165, 1.54) is 38.0 Å². The topological polar surface area (TPSA) is 95.9 Å². The standard InChI is InChI=1S/C18H20N2O6/c1-12(26-17(22)11-20-9-5-4-6-16(20)21)18(23)19-13-7-8-14(24-2)15(10-13)25-3/h4-10,12H,11H2,1-3H3,(H,19,23)/t12-/m0/s1. The van der Waals surface area contributed by atoms with Crippen LogP contribution in [0, 0.1) is 0 Å². The Bertz CT molecular complexity index is 846. The van der Waals surface area contributed by atoms with Crippen molar-refractivity contribution in [2.24, 2.45) is 0 Å². The Morgan fingerprint density at radius 1 is 1.12 bits per heavy atom. The average Bonchev–Trinajstić information content (AvgIpc) is 2.63. The molecule has 1 aromatic carbocycles. The van der Waals surface area contributed by atoms with Crippen molar-refractivity contribution in [3.8, 4) is 11.5 Å². The second-order valence-corrected chi connectivity index (χ2v) is 5.36. The van der Waals surface area contributed by atoms with Gasteiger partial charge in [-0.3, -0.25) is 14.4 Å². The second kappa shape index (κ2) is 8.70. The number of anilines is 1. The molecule has 2 aromatic rings. The van der Waals surface area contributed by atoms with Gasteiger partial charge < -0.3 is 24.1 Å². The number of methoxy groups -OCH3 is 2. The van der Waals surface area contributed by atoms with Gasteiger partial charge in [0.25, 0.3) is 11.5 Å². The second-order valence-electron chi connectivity index (χ2n) is 5.36. The Labute approximate surface area is 150 Å². The molecular weight excluding hydrogens is 340 g/mol. The number of rotatable bonds is 7. The molecule has 0 aliphatic heterocycles. The number of ether oxygens (including phenoxy) is 3. The van der Waals surface area contributed by atoms with Crippen LogP contribution < -0.4 is 20.3 Å². The minimum Gasteiger partial charge on any atom is -0.493 e. The molecule has 0 aliphatic rings. The molecular formula is C18H20N2O6. The van der Waals surface area contributed by atoms with Crippen LogP contribution in [0.3, 0.4) is 0 Å². The summed E-state index contributed by atoms with van der Waals surface area (Å²) in [4.78, 5) is 35.7. The molecule has 0 fully saturated rings. The van der Waals surface area contributed by atoms with Crippen LogP contribution in [-0.4, -0.2) is 36.8 Å². The van der Waals surface area contributed by atoms with Gasteiger partial charge in [-0.1, -0.05) is 6.07 Å². The van der Waals surface area contributed by atoms with Crippen molar-refractivity contribution in [3.05, 3.63) is 52.9 Å². The summed E-state index contributed by atoms with van der Waals surface area (Å²) >= 11 is 0. The van der Waals surface area contributed by atoms with Crippen molar-refractivity contribution in [1.82, 2.24) is 4.57 Å². The van der Waals surface area contributed by atoms with Crippen molar-refractivity contribution in [3.63, 3.8) is 0 Å². The maximum atomic E-state index is 12.2. The first-order chi connectivity index (χ1) is 12.4. The van der Waals surface area contributed by atoms with Gasteiger partial charge in [0.1, 0.15) is 6.54 Å². The zero-order valence-corrected chi connectivity index (χ0v) is 14.7. The van der Waals surface area contributed by atoms with Gasteiger partial charge >= 0.3 is 5.97 Å². The average molecular weight is 360 g/mol. The Balaban J connectivity index is 1.96. The first-order valence-electron chi connectivity index (χ1n) is 7.82. The van der Waals surface area contributed by atoms with Crippen LogP contribution in [-0.2, 0) is 20.9 Å². The van der Waals surface area contributed by atoms with Crippen LogP contribution in [0.2, 0.25) is 0 Å². The van der Waals surface area contributed by atoms with E-state index in [9.17, 15) is 14.4 Å². The Morgan fingerprint density at radius 3 is 2.50 bits per heavy atom. The molecule has 0 saturated heterocycles. The number of hydrogen-bond donors (Lipinski definition) is 1. The molecule has 0 unspecified atom stereocenters. The summed E-state index contributed by atoms with van der Waals surface area (Å²) in [6, 6.07) is 9.41. The summed E-state index contributed by atoms with van der Waals surface area (Å²) in [7, 11) is 3.00. The zero-order chi connectivity index (χ0) is 19.1. The third kappa shape index (κ3) is 4.85. The number of hydrogen-bond acceptors (Lipinski definition) is 6. The summed E-state index contributed by atoms with van der Waals surface area (Å²) in [5.41, 5.74) is 0.140. The number of carbonyl (C=O) groups is 2. The summed E-state index contributed by atoms with van der Waals surface area (Å²) in [5, 5.41) is 2.63. The Kier molecular flexibility index (Phi) is 6.37. The predicted molar refractivity (Wildman–Crippen MR) is 94.4 cm³/mol. The SMILES string of the molecule is COc1ccc(NC(=O)[C@H](C)OC(=O)Cn2ccccc2=O)cc1OC. The number of aromatic nitrogens is 1. The first kappa shape index (κ1) is 19.0. The van der Waals surface area contributed by atoms with Crippen molar-refractivity contribution >= 4 is 17.6 Å². The Morgan fingerprint density at radius 2 is 1.85 bits per heavy atom. The van der Waals surface area contributed by atoms with E-state index < -0.39 is 18.0 Å². The fraction of sp³-hybridized carbons (Fsp3) is 0.278. The number of benzene rings is 1. The summed E-state index contributed by atoms with van der Waals surface area (Å²) in [6.45, 7) is 1.18. The van der Waals surface area contributed by atoms with Crippen LogP contribution in [0.25, 0.3) is 0 Å². The van der Waals surface area contributed by atoms with Crippen molar-refractivity contribution < 1.29 is 23.8 Å².